The molecule has 0 radical (unpaired) electrons. The number of nitrogens with zero attached hydrogens (tertiary/aromatic N) is 3. The summed E-state index contributed by atoms with van der Waals surface area (Å²) < 4.78 is 41.5. The van der Waals surface area contributed by atoms with Crippen LogP contribution in [0, 0.1) is 6.92 Å². The minimum absolute atomic E-state index is 0.0295. The molecule has 35 heavy (non-hydrogen) atoms. The molecule has 0 bridgehead atoms. The fourth-order valence-electron chi connectivity index (χ4n) is 3.03. The lowest BCUT2D eigenvalue weighted by molar-refractivity contribution is -0.144. The van der Waals surface area contributed by atoms with Crippen molar-refractivity contribution >= 4 is 46.6 Å². The van der Waals surface area contributed by atoms with E-state index in [-0.39, 0.29) is 27.0 Å². The van der Waals surface area contributed by atoms with Crippen molar-refractivity contribution in [1.82, 2.24) is 25.6 Å². The number of pyridine rings is 1. The molecule has 14 heteroatoms. The molecule has 1 aromatic carbocycles. The Morgan fingerprint density at radius 2 is 1.80 bits per heavy atom. The number of hydrogen-bond acceptors (Lipinski definition) is 5. The van der Waals surface area contributed by atoms with Crippen LogP contribution in [0.3, 0.4) is 0 Å². The lowest BCUT2D eigenvalue weighted by Gasteiger charge is -2.14. The van der Waals surface area contributed by atoms with Gasteiger partial charge in [0.2, 0.25) is 5.91 Å². The third-order valence-electron chi connectivity index (χ3n) is 4.57. The molecular weight excluding hydrogens is 512 g/mol. The average Bonchev–Trinajstić information content (AvgIpc) is 3.20. The van der Waals surface area contributed by atoms with E-state index < -0.39 is 41.8 Å². The van der Waals surface area contributed by atoms with Crippen LogP contribution in [0.25, 0.3) is 0 Å². The minimum Gasteiger partial charge on any atom is -0.320 e. The maximum Gasteiger partial charge on any atom is 0.433 e. The Balaban J connectivity index is 1.96. The highest BCUT2D eigenvalue weighted by Gasteiger charge is 2.37. The van der Waals surface area contributed by atoms with Gasteiger partial charge in [0.15, 0.2) is 5.69 Å². The summed E-state index contributed by atoms with van der Waals surface area (Å²) in [4.78, 5) is 40.4. The summed E-state index contributed by atoms with van der Waals surface area (Å²) in [6, 6.07) is 6.23. The van der Waals surface area contributed by atoms with Gasteiger partial charge in [0.1, 0.15) is 5.69 Å². The third-order valence-corrected chi connectivity index (χ3v) is 5.14. The Morgan fingerprint density at radius 3 is 2.43 bits per heavy atom. The van der Waals surface area contributed by atoms with E-state index in [1.165, 1.54) is 44.3 Å². The molecule has 9 nitrogen and oxygen atoms in total. The standard InChI is InChI=1S/C21H17Cl2F3N6O3/c1-10-6-12(22)7-13(19(34)30-29-11(2)33)18(10)28-20(35)15-8-17(21(24,25)26)32(31-15)9-16-14(23)4-3-5-27-16/h3-8H,9H2,1-2H3,(H,28,35)(H,29,33)(H,30,34). The van der Waals surface area contributed by atoms with Crippen molar-refractivity contribution in [3.05, 3.63) is 74.8 Å². The molecular formula is C21H17Cl2F3N6O3. The normalized spacial score (nSPS) is 11.2. The van der Waals surface area contributed by atoms with E-state index >= 15 is 0 Å². The molecule has 2 aromatic heterocycles. The summed E-state index contributed by atoms with van der Waals surface area (Å²) in [5, 5.41) is 6.48. The van der Waals surface area contributed by atoms with Crippen LogP contribution in [0.2, 0.25) is 10.0 Å². The molecule has 0 atom stereocenters. The first-order chi connectivity index (χ1) is 16.4. The fourth-order valence-corrected chi connectivity index (χ4v) is 3.48. The molecule has 0 saturated heterocycles. The number of carbonyl (C=O) groups is 3. The van der Waals surface area contributed by atoms with Gasteiger partial charge in [-0.25, -0.2) is 0 Å². The highest BCUT2D eigenvalue weighted by molar-refractivity contribution is 6.31. The molecule has 0 unspecified atom stereocenters. The molecule has 184 valence electrons. The number of nitrogens with one attached hydrogen (secondary N) is 3. The number of aryl methyl sites for hydroxylation is 1. The van der Waals surface area contributed by atoms with Gasteiger partial charge in [-0.2, -0.15) is 18.3 Å². The van der Waals surface area contributed by atoms with E-state index in [4.69, 9.17) is 23.2 Å². The van der Waals surface area contributed by atoms with Gasteiger partial charge in [-0.1, -0.05) is 23.2 Å². The van der Waals surface area contributed by atoms with Crippen LogP contribution >= 0.6 is 23.2 Å². The highest BCUT2D eigenvalue weighted by atomic mass is 35.5. The van der Waals surface area contributed by atoms with Crippen LogP contribution in [0.4, 0.5) is 18.9 Å². The summed E-state index contributed by atoms with van der Waals surface area (Å²) in [6.07, 6.45) is -3.46. The molecule has 3 rings (SSSR count). The molecule has 2 heterocycles. The molecule has 3 aromatic rings. The maximum absolute atomic E-state index is 13.6. The van der Waals surface area contributed by atoms with Crippen molar-refractivity contribution < 1.29 is 27.6 Å². The predicted octanol–water partition coefficient (Wildman–Crippen LogP) is 3.99. The number of carbonyl (C=O) groups excluding carboxylic acids is 3. The van der Waals surface area contributed by atoms with Gasteiger partial charge in [-0.15, -0.1) is 0 Å². The van der Waals surface area contributed by atoms with Crippen LogP contribution in [-0.2, 0) is 17.5 Å². The van der Waals surface area contributed by atoms with Crippen LogP contribution < -0.4 is 16.2 Å². The number of alkyl halides is 3. The zero-order chi connectivity index (χ0) is 25.9. The number of amides is 3. The molecule has 0 fully saturated rings. The summed E-state index contributed by atoms with van der Waals surface area (Å²) in [5.74, 6) is -2.38. The first kappa shape index (κ1) is 26.0. The maximum atomic E-state index is 13.6. The number of aromatic nitrogens is 3. The largest absolute Gasteiger partial charge is 0.433 e. The smallest absolute Gasteiger partial charge is 0.320 e. The average molecular weight is 529 g/mol. The van der Waals surface area contributed by atoms with E-state index in [0.29, 0.717) is 16.3 Å². The Labute approximate surface area is 206 Å². The van der Waals surface area contributed by atoms with Crippen molar-refractivity contribution in [2.45, 2.75) is 26.6 Å². The van der Waals surface area contributed by atoms with Gasteiger partial charge < -0.3 is 5.32 Å². The van der Waals surface area contributed by atoms with Crippen LogP contribution in [0.5, 0.6) is 0 Å². The van der Waals surface area contributed by atoms with Crippen molar-refractivity contribution in [2.75, 3.05) is 5.32 Å². The summed E-state index contributed by atoms with van der Waals surface area (Å²) >= 11 is 12.0. The predicted molar refractivity (Wildman–Crippen MR) is 121 cm³/mol. The number of hydrogen-bond donors (Lipinski definition) is 3. The third kappa shape index (κ3) is 6.28. The van der Waals surface area contributed by atoms with Crippen LogP contribution in [-0.4, -0.2) is 32.5 Å². The molecule has 0 aliphatic rings. The number of rotatable bonds is 5. The summed E-state index contributed by atoms with van der Waals surface area (Å²) in [6.45, 7) is 2.25. The highest BCUT2D eigenvalue weighted by Crippen LogP contribution is 2.31. The topological polar surface area (TPSA) is 118 Å². The van der Waals surface area contributed by atoms with E-state index in [9.17, 15) is 27.6 Å². The Kier molecular flexibility index (Phi) is 7.66. The second-order valence-electron chi connectivity index (χ2n) is 7.24. The van der Waals surface area contributed by atoms with Crippen molar-refractivity contribution in [3.63, 3.8) is 0 Å². The van der Waals surface area contributed by atoms with Gasteiger partial charge in [0, 0.05) is 24.2 Å². The Morgan fingerprint density at radius 1 is 1.09 bits per heavy atom. The molecule has 3 amide bonds. The Bertz CT molecular complexity index is 1310. The number of benzene rings is 1. The molecule has 0 aliphatic carbocycles. The van der Waals surface area contributed by atoms with Gasteiger partial charge >= 0.3 is 6.18 Å². The summed E-state index contributed by atoms with van der Waals surface area (Å²) in [7, 11) is 0. The van der Waals surface area contributed by atoms with Gasteiger partial charge in [-0.3, -0.25) is 34.9 Å². The Hall–Kier alpha value is -3.64. The fraction of sp³-hybridized carbons (Fsp3) is 0.190. The van der Waals surface area contributed by atoms with Gasteiger partial charge in [0.25, 0.3) is 11.8 Å². The quantitative estimate of drug-likeness (QED) is 0.432. The monoisotopic (exact) mass is 528 g/mol. The molecule has 0 spiro atoms. The van der Waals surface area contributed by atoms with Gasteiger partial charge in [-0.05, 0) is 36.8 Å². The van der Waals surface area contributed by atoms with Crippen molar-refractivity contribution in [2.24, 2.45) is 0 Å². The zero-order valence-electron chi connectivity index (χ0n) is 18.1. The number of hydrazine groups is 1. The second-order valence-corrected chi connectivity index (χ2v) is 8.08. The summed E-state index contributed by atoms with van der Waals surface area (Å²) in [5.41, 5.74) is 2.78. The van der Waals surface area contributed by atoms with Crippen molar-refractivity contribution in [1.29, 1.82) is 0 Å². The van der Waals surface area contributed by atoms with E-state index in [1.807, 2.05) is 0 Å². The molecule has 0 aliphatic heterocycles. The van der Waals surface area contributed by atoms with E-state index in [0.717, 1.165) is 0 Å². The molecule has 3 N–H and O–H groups in total. The molecule has 0 saturated carbocycles. The van der Waals surface area contributed by atoms with Gasteiger partial charge in [0.05, 0.1) is 28.5 Å². The van der Waals surface area contributed by atoms with Crippen LogP contribution in [0.1, 0.15) is 44.7 Å². The first-order valence-electron chi connectivity index (χ1n) is 9.79. The SMILES string of the molecule is CC(=O)NNC(=O)c1cc(Cl)cc(C)c1NC(=O)c1cc(C(F)(F)F)n(Cc2ncccc2Cl)n1. The minimum atomic E-state index is -4.83. The number of halogens is 5. The van der Waals surface area contributed by atoms with Crippen molar-refractivity contribution in [3.8, 4) is 0 Å². The van der Waals surface area contributed by atoms with Crippen LogP contribution in [0.15, 0.2) is 36.5 Å². The zero-order valence-corrected chi connectivity index (χ0v) is 19.6. The first-order valence-corrected chi connectivity index (χ1v) is 10.5. The lowest BCUT2D eigenvalue weighted by atomic mass is 10.1. The van der Waals surface area contributed by atoms with E-state index in [1.54, 1.807) is 0 Å². The van der Waals surface area contributed by atoms with E-state index in [2.05, 4.69) is 26.3 Å². The number of anilines is 1. The second kappa shape index (κ2) is 10.3. The lowest BCUT2D eigenvalue weighted by Crippen LogP contribution is -2.40.